The van der Waals surface area contributed by atoms with Crippen molar-refractivity contribution in [3.05, 3.63) is 18.0 Å². The SMILES string of the molecule is Cn1cc(C(NN)C2CCCCS2)cn1. The smallest absolute Gasteiger partial charge is 0.0609 e. The first-order valence-electron chi connectivity index (χ1n) is 5.37. The molecule has 0 radical (unpaired) electrons. The molecule has 2 rings (SSSR count). The van der Waals surface area contributed by atoms with Crippen molar-refractivity contribution in [2.45, 2.75) is 30.6 Å². The first kappa shape index (κ1) is 11.0. The van der Waals surface area contributed by atoms with E-state index < -0.39 is 0 Å². The highest BCUT2D eigenvalue weighted by Crippen LogP contribution is 2.34. The van der Waals surface area contributed by atoms with Gasteiger partial charge in [0.25, 0.3) is 0 Å². The molecule has 1 aromatic rings. The average molecular weight is 226 g/mol. The number of hydrazine groups is 1. The van der Waals surface area contributed by atoms with Gasteiger partial charge in [-0.3, -0.25) is 16.0 Å². The number of aryl methyl sites for hydroxylation is 1. The van der Waals surface area contributed by atoms with Crippen LogP contribution in [0.4, 0.5) is 0 Å². The lowest BCUT2D eigenvalue weighted by molar-refractivity contribution is 0.491. The summed E-state index contributed by atoms with van der Waals surface area (Å²) in [5.74, 6) is 6.90. The molecule has 0 aliphatic carbocycles. The molecule has 84 valence electrons. The molecule has 1 aromatic heterocycles. The summed E-state index contributed by atoms with van der Waals surface area (Å²) in [7, 11) is 1.94. The van der Waals surface area contributed by atoms with Crippen molar-refractivity contribution in [3.63, 3.8) is 0 Å². The van der Waals surface area contributed by atoms with Crippen LogP contribution in [0.2, 0.25) is 0 Å². The van der Waals surface area contributed by atoms with Gasteiger partial charge in [0.05, 0.1) is 12.2 Å². The number of nitrogens with zero attached hydrogens (tertiary/aromatic N) is 2. The fourth-order valence-electron chi connectivity index (χ4n) is 2.05. The van der Waals surface area contributed by atoms with Crippen LogP contribution in [0.25, 0.3) is 0 Å². The molecule has 15 heavy (non-hydrogen) atoms. The van der Waals surface area contributed by atoms with Crippen LogP contribution in [0, 0.1) is 0 Å². The number of hydrogen-bond donors (Lipinski definition) is 2. The Morgan fingerprint density at radius 1 is 1.67 bits per heavy atom. The fraction of sp³-hybridized carbons (Fsp3) is 0.700. The first-order chi connectivity index (χ1) is 7.31. The molecule has 0 saturated carbocycles. The van der Waals surface area contributed by atoms with Gasteiger partial charge in [0.1, 0.15) is 0 Å². The van der Waals surface area contributed by atoms with Crippen LogP contribution >= 0.6 is 11.8 Å². The van der Waals surface area contributed by atoms with Crippen LogP contribution in [0.15, 0.2) is 12.4 Å². The van der Waals surface area contributed by atoms with Crippen LogP contribution in [0.1, 0.15) is 30.9 Å². The second-order valence-electron chi connectivity index (χ2n) is 4.00. The zero-order valence-corrected chi connectivity index (χ0v) is 9.83. The van der Waals surface area contributed by atoms with Crippen molar-refractivity contribution in [1.29, 1.82) is 0 Å². The maximum Gasteiger partial charge on any atom is 0.0609 e. The van der Waals surface area contributed by atoms with E-state index in [1.165, 1.54) is 30.6 Å². The molecule has 1 saturated heterocycles. The molecule has 0 spiro atoms. The Morgan fingerprint density at radius 2 is 2.53 bits per heavy atom. The highest BCUT2D eigenvalue weighted by atomic mass is 32.2. The summed E-state index contributed by atoms with van der Waals surface area (Å²) in [5.41, 5.74) is 4.12. The van der Waals surface area contributed by atoms with E-state index in [9.17, 15) is 0 Å². The van der Waals surface area contributed by atoms with Crippen LogP contribution in [0.5, 0.6) is 0 Å². The summed E-state index contributed by atoms with van der Waals surface area (Å²) >= 11 is 2.02. The molecule has 2 heterocycles. The third-order valence-electron chi connectivity index (χ3n) is 2.85. The van der Waals surface area contributed by atoms with Crippen LogP contribution < -0.4 is 11.3 Å². The minimum absolute atomic E-state index is 0.240. The molecular weight excluding hydrogens is 208 g/mol. The molecule has 0 aromatic carbocycles. The summed E-state index contributed by atoms with van der Waals surface area (Å²) in [6.45, 7) is 0. The summed E-state index contributed by atoms with van der Waals surface area (Å²) < 4.78 is 1.83. The molecule has 2 atom stereocenters. The van der Waals surface area contributed by atoms with E-state index in [1.807, 2.05) is 35.9 Å². The van der Waals surface area contributed by atoms with Gasteiger partial charge in [0.2, 0.25) is 0 Å². The van der Waals surface area contributed by atoms with E-state index >= 15 is 0 Å². The number of rotatable bonds is 3. The Morgan fingerprint density at radius 3 is 3.07 bits per heavy atom. The molecule has 1 aliphatic rings. The number of hydrogen-bond acceptors (Lipinski definition) is 4. The van der Waals surface area contributed by atoms with Crippen LogP contribution in [0.3, 0.4) is 0 Å². The van der Waals surface area contributed by atoms with Gasteiger partial charge in [-0.1, -0.05) is 6.42 Å². The van der Waals surface area contributed by atoms with E-state index in [0.29, 0.717) is 5.25 Å². The Bertz CT molecular complexity index is 306. The predicted molar refractivity (Wildman–Crippen MR) is 63.4 cm³/mol. The minimum Gasteiger partial charge on any atom is -0.275 e. The monoisotopic (exact) mass is 226 g/mol. The molecule has 4 nitrogen and oxygen atoms in total. The third kappa shape index (κ3) is 2.53. The van der Waals surface area contributed by atoms with E-state index in [0.717, 1.165) is 0 Å². The number of nitrogens with two attached hydrogens (primary N) is 1. The summed E-state index contributed by atoms with van der Waals surface area (Å²) in [6, 6.07) is 0.240. The van der Waals surface area contributed by atoms with E-state index in [1.54, 1.807) is 0 Å². The molecule has 3 N–H and O–H groups in total. The standard InChI is InChI=1S/C10H18N4S/c1-14-7-8(6-12-14)10(13-11)9-4-2-3-5-15-9/h6-7,9-10,13H,2-5,11H2,1H3. The van der Waals surface area contributed by atoms with Crippen LogP contribution in [-0.2, 0) is 7.05 Å². The molecular formula is C10H18N4S. The van der Waals surface area contributed by atoms with Crippen LogP contribution in [-0.4, -0.2) is 20.8 Å². The maximum absolute atomic E-state index is 5.64. The van der Waals surface area contributed by atoms with E-state index in [-0.39, 0.29) is 6.04 Å². The summed E-state index contributed by atoms with van der Waals surface area (Å²) in [4.78, 5) is 0. The van der Waals surface area contributed by atoms with Gasteiger partial charge >= 0.3 is 0 Å². The Kier molecular flexibility index (Phi) is 3.66. The van der Waals surface area contributed by atoms with Crippen molar-refractivity contribution < 1.29 is 0 Å². The molecule has 0 bridgehead atoms. The van der Waals surface area contributed by atoms with Gasteiger partial charge in [-0.15, -0.1) is 0 Å². The molecule has 1 fully saturated rings. The number of aromatic nitrogens is 2. The maximum atomic E-state index is 5.64. The average Bonchev–Trinajstić information content (AvgIpc) is 2.68. The van der Waals surface area contributed by atoms with Crippen molar-refractivity contribution in [1.82, 2.24) is 15.2 Å². The molecule has 5 heteroatoms. The predicted octanol–water partition coefficient (Wildman–Crippen LogP) is 1.21. The largest absolute Gasteiger partial charge is 0.275 e. The first-order valence-corrected chi connectivity index (χ1v) is 6.42. The summed E-state index contributed by atoms with van der Waals surface area (Å²) in [5, 5.41) is 4.78. The zero-order chi connectivity index (χ0) is 10.7. The van der Waals surface area contributed by atoms with Gasteiger partial charge in [-0.25, -0.2) is 0 Å². The minimum atomic E-state index is 0.240. The second-order valence-corrected chi connectivity index (χ2v) is 5.34. The zero-order valence-electron chi connectivity index (χ0n) is 9.02. The Balaban J connectivity index is 2.08. The topological polar surface area (TPSA) is 55.9 Å². The number of nitrogens with one attached hydrogen (secondary N) is 1. The fourth-order valence-corrected chi connectivity index (χ4v) is 3.48. The number of thioether (sulfide) groups is 1. The summed E-state index contributed by atoms with van der Waals surface area (Å²) in [6.07, 6.45) is 7.84. The van der Waals surface area contributed by atoms with Gasteiger partial charge in [-0.05, 0) is 18.6 Å². The van der Waals surface area contributed by atoms with Gasteiger partial charge in [0, 0.05) is 24.1 Å². The third-order valence-corrected chi connectivity index (χ3v) is 4.31. The highest BCUT2D eigenvalue weighted by molar-refractivity contribution is 8.00. The Hall–Kier alpha value is -0.520. The lowest BCUT2D eigenvalue weighted by Crippen LogP contribution is -2.36. The van der Waals surface area contributed by atoms with Crippen molar-refractivity contribution in [2.24, 2.45) is 12.9 Å². The molecule has 1 aliphatic heterocycles. The van der Waals surface area contributed by atoms with Gasteiger partial charge in [0.15, 0.2) is 0 Å². The van der Waals surface area contributed by atoms with E-state index in [4.69, 9.17) is 5.84 Å². The lowest BCUT2D eigenvalue weighted by atomic mass is 10.0. The highest BCUT2D eigenvalue weighted by Gasteiger charge is 2.25. The van der Waals surface area contributed by atoms with Crippen molar-refractivity contribution >= 4 is 11.8 Å². The van der Waals surface area contributed by atoms with Crippen molar-refractivity contribution in [3.8, 4) is 0 Å². The Labute approximate surface area is 94.6 Å². The van der Waals surface area contributed by atoms with Crippen molar-refractivity contribution in [2.75, 3.05) is 5.75 Å². The van der Waals surface area contributed by atoms with Gasteiger partial charge in [-0.2, -0.15) is 16.9 Å². The quantitative estimate of drug-likeness (QED) is 0.601. The molecule has 2 unspecified atom stereocenters. The normalized spacial score (nSPS) is 24.0. The second kappa shape index (κ2) is 5.01. The molecule has 0 amide bonds. The van der Waals surface area contributed by atoms with Gasteiger partial charge < -0.3 is 0 Å². The van der Waals surface area contributed by atoms with E-state index in [2.05, 4.69) is 10.5 Å². The lowest BCUT2D eigenvalue weighted by Gasteiger charge is -2.28.